The van der Waals surface area contributed by atoms with Crippen LogP contribution in [0.4, 0.5) is 5.69 Å². The lowest BCUT2D eigenvalue weighted by molar-refractivity contribution is -0.122. The van der Waals surface area contributed by atoms with Crippen molar-refractivity contribution in [1.82, 2.24) is 10.2 Å². The predicted octanol–water partition coefficient (Wildman–Crippen LogP) is 3.37. The van der Waals surface area contributed by atoms with Crippen LogP contribution in [-0.2, 0) is 27.9 Å². The first-order valence-electron chi connectivity index (χ1n) is 10.8. The molecule has 0 aromatic heterocycles. The summed E-state index contributed by atoms with van der Waals surface area (Å²) in [4.78, 5) is 15.4. The van der Waals surface area contributed by atoms with Crippen LogP contribution >= 0.6 is 0 Å². The Morgan fingerprint density at radius 2 is 1.77 bits per heavy atom. The molecule has 7 heteroatoms. The van der Waals surface area contributed by atoms with E-state index in [0.717, 1.165) is 42.6 Å². The number of anilines is 1. The topological polar surface area (TPSA) is 69.7 Å². The van der Waals surface area contributed by atoms with Gasteiger partial charge in [-0.15, -0.1) is 0 Å². The van der Waals surface area contributed by atoms with Gasteiger partial charge in [0.15, 0.2) is 0 Å². The number of aryl methyl sites for hydroxylation is 2. The summed E-state index contributed by atoms with van der Waals surface area (Å²) in [5, 5.41) is 2.92. The number of benzene rings is 2. The van der Waals surface area contributed by atoms with Crippen molar-refractivity contribution in [2.75, 3.05) is 23.7 Å². The van der Waals surface area contributed by atoms with Crippen molar-refractivity contribution in [2.45, 2.75) is 52.7 Å². The largest absolute Gasteiger partial charge is 0.350 e. The molecule has 168 valence electrons. The standard InChI is InChI=1S/C24H33N3O3S/c1-18-10-11-19(2)23(14-18)27(31(4,29)30)20(3)24(28)25-16-21-8-7-9-22(15-21)17-26-12-5-6-13-26/h7-11,14-15,20H,5-6,12-13,16-17H2,1-4H3,(H,25,28). The number of likely N-dealkylation sites (tertiary alicyclic amines) is 1. The number of nitrogens with zero attached hydrogens (tertiary/aromatic N) is 2. The highest BCUT2D eigenvalue weighted by Crippen LogP contribution is 2.26. The molecule has 1 aliphatic rings. The number of hydrogen-bond donors (Lipinski definition) is 1. The summed E-state index contributed by atoms with van der Waals surface area (Å²) in [6, 6.07) is 13.0. The smallest absolute Gasteiger partial charge is 0.243 e. The number of carbonyl (C=O) groups is 1. The highest BCUT2D eigenvalue weighted by molar-refractivity contribution is 7.92. The zero-order valence-electron chi connectivity index (χ0n) is 18.9. The van der Waals surface area contributed by atoms with Crippen molar-refractivity contribution < 1.29 is 13.2 Å². The van der Waals surface area contributed by atoms with Gasteiger partial charge < -0.3 is 5.32 Å². The normalized spacial score (nSPS) is 15.6. The monoisotopic (exact) mass is 443 g/mol. The van der Waals surface area contributed by atoms with E-state index in [1.165, 1.54) is 22.7 Å². The molecule has 0 saturated carbocycles. The molecule has 1 heterocycles. The molecular weight excluding hydrogens is 410 g/mol. The van der Waals surface area contributed by atoms with Crippen molar-refractivity contribution >= 4 is 21.6 Å². The second kappa shape index (κ2) is 9.83. The van der Waals surface area contributed by atoms with Gasteiger partial charge in [-0.3, -0.25) is 14.0 Å². The third-order valence-electron chi connectivity index (χ3n) is 5.75. The number of carbonyl (C=O) groups excluding carboxylic acids is 1. The van der Waals surface area contributed by atoms with E-state index < -0.39 is 16.1 Å². The molecule has 1 fully saturated rings. The second-order valence-corrected chi connectivity index (χ2v) is 10.4. The maximum absolute atomic E-state index is 12.9. The Morgan fingerprint density at radius 1 is 1.10 bits per heavy atom. The Morgan fingerprint density at radius 3 is 2.45 bits per heavy atom. The molecule has 0 radical (unpaired) electrons. The van der Waals surface area contributed by atoms with Gasteiger partial charge in [0.25, 0.3) is 0 Å². The lowest BCUT2D eigenvalue weighted by atomic mass is 10.1. The molecule has 1 atom stereocenters. The summed E-state index contributed by atoms with van der Waals surface area (Å²) in [6.07, 6.45) is 3.65. The first-order chi connectivity index (χ1) is 14.6. The maximum atomic E-state index is 12.9. The van der Waals surface area contributed by atoms with Crippen molar-refractivity contribution in [2.24, 2.45) is 0 Å². The SMILES string of the molecule is Cc1ccc(C)c(N(C(C)C(=O)NCc2cccc(CN3CCCC3)c2)S(C)(=O)=O)c1. The second-order valence-electron chi connectivity index (χ2n) is 8.55. The average Bonchev–Trinajstić information content (AvgIpc) is 3.21. The summed E-state index contributed by atoms with van der Waals surface area (Å²) in [5.74, 6) is -0.323. The van der Waals surface area contributed by atoms with Gasteiger partial charge in [-0.05, 0) is 75.0 Å². The van der Waals surface area contributed by atoms with Gasteiger partial charge in [0, 0.05) is 13.1 Å². The summed E-state index contributed by atoms with van der Waals surface area (Å²) in [5.41, 5.74) is 4.53. The van der Waals surface area contributed by atoms with Crippen LogP contribution in [0.25, 0.3) is 0 Å². The molecule has 1 saturated heterocycles. The third-order valence-corrected chi connectivity index (χ3v) is 6.98. The zero-order valence-corrected chi connectivity index (χ0v) is 19.7. The number of sulfonamides is 1. The Bertz CT molecular complexity index is 1030. The minimum absolute atomic E-state index is 0.323. The Balaban J connectivity index is 1.70. The summed E-state index contributed by atoms with van der Waals surface area (Å²) in [7, 11) is -3.64. The average molecular weight is 444 g/mol. The van der Waals surface area contributed by atoms with Crippen LogP contribution in [0.15, 0.2) is 42.5 Å². The van der Waals surface area contributed by atoms with Crippen LogP contribution in [-0.4, -0.2) is 44.6 Å². The molecule has 1 unspecified atom stereocenters. The van der Waals surface area contributed by atoms with Gasteiger partial charge in [0.1, 0.15) is 6.04 Å². The van der Waals surface area contributed by atoms with Crippen molar-refractivity contribution in [1.29, 1.82) is 0 Å². The molecule has 1 aliphatic heterocycles. The molecule has 31 heavy (non-hydrogen) atoms. The Labute approximate surface area is 186 Å². The van der Waals surface area contributed by atoms with Crippen LogP contribution < -0.4 is 9.62 Å². The fourth-order valence-corrected chi connectivity index (χ4v) is 5.34. The lowest BCUT2D eigenvalue weighted by Gasteiger charge is -2.29. The Hall–Kier alpha value is -2.38. The summed E-state index contributed by atoms with van der Waals surface area (Å²) < 4.78 is 26.3. The molecule has 6 nitrogen and oxygen atoms in total. The molecule has 0 aliphatic carbocycles. The van der Waals surface area contributed by atoms with Crippen LogP contribution in [0.1, 0.15) is 42.0 Å². The Kier molecular flexibility index (Phi) is 7.38. The highest BCUT2D eigenvalue weighted by atomic mass is 32.2. The minimum atomic E-state index is -3.64. The number of nitrogens with one attached hydrogen (secondary N) is 1. The number of rotatable bonds is 8. The van der Waals surface area contributed by atoms with Crippen molar-refractivity contribution in [3.63, 3.8) is 0 Å². The molecule has 1 N–H and O–H groups in total. The third kappa shape index (κ3) is 6.08. The highest BCUT2D eigenvalue weighted by Gasteiger charge is 2.30. The molecule has 2 aromatic carbocycles. The van der Waals surface area contributed by atoms with E-state index in [-0.39, 0.29) is 5.91 Å². The molecule has 2 aromatic rings. The summed E-state index contributed by atoms with van der Waals surface area (Å²) >= 11 is 0. The zero-order chi connectivity index (χ0) is 22.6. The first kappa shape index (κ1) is 23.3. The molecule has 0 spiro atoms. The van der Waals surface area contributed by atoms with Crippen molar-refractivity contribution in [3.05, 3.63) is 64.7 Å². The minimum Gasteiger partial charge on any atom is -0.350 e. The van der Waals surface area contributed by atoms with E-state index in [1.54, 1.807) is 6.92 Å². The van der Waals surface area contributed by atoms with Crippen LogP contribution in [0.5, 0.6) is 0 Å². The van der Waals surface area contributed by atoms with Gasteiger partial charge >= 0.3 is 0 Å². The van der Waals surface area contributed by atoms with E-state index in [0.29, 0.717) is 12.2 Å². The maximum Gasteiger partial charge on any atom is 0.243 e. The fraction of sp³-hybridized carbons (Fsp3) is 0.458. The fourth-order valence-electron chi connectivity index (χ4n) is 4.11. The van der Waals surface area contributed by atoms with Crippen LogP contribution in [0.3, 0.4) is 0 Å². The molecule has 1 amide bonds. The van der Waals surface area contributed by atoms with Gasteiger partial charge in [-0.2, -0.15) is 0 Å². The van der Waals surface area contributed by atoms with Crippen LogP contribution in [0, 0.1) is 13.8 Å². The van der Waals surface area contributed by atoms with Crippen LogP contribution in [0.2, 0.25) is 0 Å². The van der Waals surface area contributed by atoms with Gasteiger partial charge in [-0.1, -0.05) is 36.4 Å². The molecule has 3 rings (SSSR count). The number of amides is 1. The van der Waals surface area contributed by atoms with Gasteiger partial charge in [0.05, 0.1) is 11.9 Å². The summed E-state index contributed by atoms with van der Waals surface area (Å²) in [6.45, 7) is 8.94. The molecular formula is C24H33N3O3S. The van der Waals surface area contributed by atoms with E-state index in [4.69, 9.17) is 0 Å². The van der Waals surface area contributed by atoms with E-state index in [1.807, 2.05) is 44.2 Å². The molecule has 0 bridgehead atoms. The first-order valence-corrected chi connectivity index (χ1v) is 12.6. The van der Waals surface area contributed by atoms with Gasteiger partial charge in [0.2, 0.25) is 15.9 Å². The number of hydrogen-bond acceptors (Lipinski definition) is 4. The van der Waals surface area contributed by atoms with Crippen molar-refractivity contribution in [3.8, 4) is 0 Å². The predicted molar refractivity (Wildman–Crippen MR) is 126 cm³/mol. The van der Waals surface area contributed by atoms with Gasteiger partial charge in [-0.25, -0.2) is 8.42 Å². The quantitative estimate of drug-likeness (QED) is 0.679. The van der Waals surface area contributed by atoms with E-state index in [9.17, 15) is 13.2 Å². The van der Waals surface area contributed by atoms with E-state index in [2.05, 4.69) is 22.3 Å². The van der Waals surface area contributed by atoms with E-state index >= 15 is 0 Å². The lowest BCUT2D eigenvalue weighted by Crippen LogP contribution is -2.48.